The average Bonchev–Trinajstić information content (AvgIpc) is 3.33. The number of halogens is 3. The summed E-state index contributed by atoms with van der Waals surface area (Å²) >= 11 is 0. The van der Waals surface area contributed by atoms with Crippen LogP contribution in [-0.2, 0) is 22.3 Å². The average molecular weight is 483 g/mol. The molecule has 0 unspecified atom stereocenters. The van der Waals surface area contributed by atoms with Gasteiger partial charge >= 0.3 is 6.18 Å². The number of aromatic nitrogens is 1. The number of benzene rings is 2. The van der Waals surface area contributed by atoms with Crippen molar-refractivity contribution in [3.8, 4) is 0 Å². The van der Waals surface area contributed by atoms with Crippen molar-refractivity contribution in [2.45, 2.75) is 25.6 Å². The van der Waals surface area contributed by atoms with E-state index in [0.717, 1.165) is 11.6 Å². The maximum absolute atomic E-state index is 13.2. The molecule has 1 atom stereocenters. The molecule has 1 aliphatic rings. The summed E-state index contributed by atoms with van der Waals surface area (Å²) in [5.74, 6) is -0.415. The maximum atomic E-state index is 13.2. The molecule has 2 aromatic carbocycles. The van der Waals surface area contributed by atoms with E-state index in [-0.39, 0.29) is 37.0 Å². The second kappa shape index (κ2) is 10.3. The predicted octanol–water partition coefficient (Wildman–Crippen LogP) is 5.14. The number of ketones is 1. The number of Topliss-reactive ketones (excluding diaryl/α,β-unsaturated/α-hetero) is 1. The Morgan fingerprint density at radius 2 is 1.71 bits per heavy atom. The highest BCUT2D eigenvalue weighted by molar-refractivity contribution is 5.99. The maximum Gasteiger partial charge on any atom is 0.418 e. The number of carbonyl (C=O) groups excluding carboxylic acids is 2. The third-order valence-corrected chi connectivity index (χ3v) is 6.00. The lowest BCUT2D eigenvalue weighted by Crippen LogP contribution is -2.42. The Morgan fingerprint density at radius 3 is 2.37 bits per heavy atom. The molecule has 3 aromatic rings. The Morgan fingerprint density at radius 1 is 1.00 bits per heavy atom. The largest absolute Gasteiger partial charge is 0.418 e. The Labute approximate surface area is 200 Å². The molecule has 4 rings (SSSR count). The summed E-state index contributed by atoms with van der Waals surface area (Å²) < 4.78 is 45.1. The van der Waals surface area contributed by atoms with E-state index in [1.807, 2.05) is 0 Å². The highest BCUT2D eigenvalue weighted by atomic mass is 19.4. The van der Waals surface area contributed by atoms with Gasteiger partial charge in [0.2, 0.25) is 5.91 Å². The van der Waals surface area contributed by atoms with Crippen LogP contribution in [0.4, 0.5) is 24.5 Å². The number of pyridine rings is 1. The van der Waals surface area contributed by atoms with Gasteiger partial charge in [0.05, 0.1) is 23.3 Å². The normalized spacial score (nSPS) is 17.7. The van der Waals surface area contributed by atoms with Gasteiger partial charge in [-0.15, -0.1) is 0 Å². The molecule has 0 radical (unpaired) electrons. The Kier molecular flexibility index (Phi) is 7.16. The zero-order chi connectivity index (χ0) is 24.9. The number of amides is 1. The number of nitrogens with one attached hydrogen (secondary N) is 2. The molecule has 1 aliphatic heterocycles. The van der Waals surface area contributed by atoms with Gasteiger partial charge in [-0.25, -0.2) is 0 Å². The van der Waals surface area contributed by atoms with E-state index in [1.165, 1.54) is 30.6 Å². The van der Waals surface area contributed by atoms with Gasteiger partial charge in [0.15, 0.2) is 5.78 Å². The van der Waals surface area contributed by atoms with Crippen LogP contribution in [0.3, 0.4) is 0 Å². The molecular weight excluding hydrogens is 459 g/mol. The highest BCUT2D eigenvalue weighted by Crippen LogP contribution is 2.36. The number of para-hydroxylation sites is 1. The van der Waals surface area contributed by atoms with E-state index < -0.39 is 17.2 Å². The molecule has 1 aromatic heterocycles. The summed E-state index contributed by atoms with van der Waals surface area (Å²) in [6, 6.07) is 15.2. The lowest BCUT2D eigenvalue weighted by Gasteiger charge is -2.25. The van der Waals surface area contributed by atoms with Crippen molar-refractivity contribution in [3.05, 3.63) is 89.7 Å². The van der Waals surface area contributed by atoms with Gasteiger partial charge in [0, 0.05) is 43.2 Å². The van der Waals surface area contributed by atoms with Gasteiger partial charge in [0.25, 0.3) is 0 Å². The van der Waals surface area contributed by atoms with E-state index in [1.54, 1.807) is 36.4 Å². The lowest BCUT2D eigenvalue weighted by molar-refractivity contribution is -0.137. The summed E-state index contributed by atoms with van der Waals surface area (Å²) in [4.78, 5) is 29.7. The van der Waals surface area contributed by atoms with Gasteiger partial charge < -0.3 is 15.4 Å². The number of hydrogen-bond donors (Lipinski definition) is 2. The molecule has 2 N–H and O–H groups in total. The first-order chi connectivity index (χ1) is 16.8. The summed E-state index contributed by atoms with van der Waals surface area (Å²) in [6.07, 6.45) is -0.926. The first-order valence-electron chi connectivity index (χ1n) is 11.1. The van der Waals surface area contributed by atoms with Crippen LogP contribution in [0.1, 0.15) is 34.3 Å². The molecule has 9 heteroatoms. The van der Waals surface area contributed by atoms with Crippen molar-refractivity contribution in [2.75, 3.05) is 18.5 Å². The van der Waals surface area contributed by atoms with Gasteiger partial charge in [-0.3, -0.25) is 14.6 Å². The zero-order valence-electron chi connectivity index (χ0n) is 18.8. The quantitative estimate of drug-likeness (QED) is 0.434. The first-order valence-corrected chi connectivity index (χ1v) is 11.1. The van der Waals surface area contributed by atoms with E-state index >= 15 is 0 Å². The third kappa shape index (κ3) is 5.86. The van der Waals surface area contributed by atoms with Crippen LogP contribution >= 0.6 is 0 Å². The van der Waals surface area contributed by atoms with Crippen molar-refractivity contribution in [2.24, 2.45) is 5.41 Å². The van der Waals surface area contributed by atoms with Crippen LogP contribution in [-0.4, -0.2) is 29.9 Å². The summed E-state index contributed by atoms with van der Waals surface area (Å²) in [5, 5.41) is 5.68. The van der Waals surface area contributed by atoms with E-state index in [0.29, 0.717) is 24.3 Å². The Balaban J connectivity index is 1.38. The molecule has 0 bridgehead atoms. The fourth-order valence-electron chi connectivity index (χ4n) is 4.02. The second-order valence-electron chi connectivity index (χ2n) is 8.47. The van der Waals surface area contributed by atoms with Crippen LogP contribution in [0.25, 0.3) is 0 Å². The van der Waals surface area contributed by atoms with Crippen LogP contribution in [0.2, 0.25) is 0 Å². The molecule has 0 spiro atoms. The molecule has 2 heterocycles. The number of hydrogen-bond acceptors (Lipinski definition) is 5. The SMILES string of the molecule is O=C(C[C@@]1(C(=O)NCc2ccc(Nc3ccccc3C(F)(F)F)cc2)CCOC1)c1ccncc1. The number of ether oxygens (including phenoxy) is 1. The number of anilines is 2. The van der Waals surface area contributed by atoms with E-state index in [9.17, 15) is 22.8 Å². The standard InChI is InChI=1S/C26H24F3N3O3/c27-26(28,29)21-3-1-2-4-22(21)32-20-7-5-18(6-8-20)16-31-24(34)25(11-14-35-17-25)15-23(33)19-9-12-30-13-10-19/h1-10,12-13,32H,11,14-17H2,(H,31,34)/t25-/m0/s1. The van der Waals surface area contributed by atoms with Crippen molar-refractivity contribution in [1.82, 2.24) is 10.3 Å². The number of rotatable bonds is 8. The van der Waals surface area contributed by atoms with E-state index in [2.05, 4.69) is 15.6 Å². The molecule has 1 fully saturated rings. The van der Waals surface area contributed by atoms with Crippen LogP contribution in [0, 0.1) is 5.41 Å². The van der Waals surface area contributed by atoms with Crippen molar-refractivity contribution in [1.29, 1.82) is 0 Å². The van der Waals surface area contributed by atoms with Crippen molar-refractivity contribution >= 4 is 23.1 Å². The molecule has 6 nitrogen and oxygen atoms in total. The second-order valence-corrected chi connectivity index (χ2v) is 8.47. The van der Waals surface area contributed by atoms with Crippen molar-refractivity contribution < 1.29 is 27.5 Å². The summed E-state index contributed by atoms with van der Waals surface area (Å²) in [7, 11) is 0. The predicted molar refractivity (Wildman–Crippen MR) is 124 cm³/mol. The third-order valence-electron chi connectivity index (χ3n) is 6.00. The molecule has 0 saturated carbocycles. The van der Waals surface area contributed by atoms with Crippen molar-refractivity contribution in [3.63, 3.8) is 0 Å². The molecule has 0 aliphatic carbocycles. The number of nitrogens with zero attached hydrogens (tertiary/aromatic N) is 1. The minimum atomic E-state index is -4.47. The molecule has 35 heavy (non-hydrogen) atoms. The fourth-order valence-corrected chi connectivity index (χ4v) is 4.02. The van der Waals surface area contributed by atoms with Gasteiger partial charge in [-0.05, 0) is 48.4 Å². The molecule has 1 amide bonds. The smallest absolute Gasteiger partial charge is 0.380 e. The number of carbonyl (C=O) groups is 2. The minimum Gasteiger partial charge on any atom is -0.380 e. The van der Waals surface area contributed by atoms with E-state index in [4.69, 9.17) is 4.74 Å². The molecule has 182 valence electrons. The molecular formula is C26H24F3N3O3. The summed E-state index contributed by atoms with van der Waals surface area (Å²) in [5.41, 5.74) is 0.0189. The Bertz CT molecular complexity index is 1180. The van der Waals surface area contributed by atoms with Gasteiger partial charge in [-0.2, -0.15) is 13.2 Å². The van der Waals surface area contributed by atoms with Gasteiger partial charge in [0.1, 0.15) is 0 Å². The van der Waals surface area contributed by atoms with Crippen LogP contribution in [0.15, 0.2) is 73.1 Å². The zero-order valence-corrected chi connectivity index (χ0v) is 18.8. The highest BCUT2D eigenvalue weighted by Gasteiger charge is 2.44. The van der Waals surface area contributed by atoms with Crippen LogP contribution < -0.4 is 10.6 Å². The Hall–Kier alpha value is -3.72. The first kappa shape index (κ1) is 24.4. The molecule has 1 saturated heterocycles. The minimum absolute atomic E-state index is 0.0321. The fraction of sp³-hybridized carbons (Fsp3) is 0.269. The van der Waals surface area contributed by atoms with Crippen LogP contribution in [0.5, 0.6) is 0 Å². The topological polar surface area (TPSA) is 80.3 Å². The summed E-state index contributed by atoms with van der Waals surface area (Å²) in [6.45, 7) is 0.775. The van der Waals surface area contributed by atoms with Gasteiger partial charge in [-0.1, -0.05) is 24.3 Å². The monoisotopic (exact) mass is 483 g/mol. The number of alkyl halides is 3. The lowest BCUT2D eigenvalue weighted by atomic mass is 9.80.